The largest absolute Gasteiger partial charge is 0.356 e. The molecule has 0 rings (SSSR count). The maximum absolute atomic E-state index is 5.32. The number of methoxy groups -OCH3 is 1. The number of hydrogen-bond donors (Lipinski definition) is 0. The van der Waals surface area contributed by atoms with Crippen LogP contribution in [0.4, 0.5) is 0 Å². The minimum absolute atomic E-state index is 0.0185. The summed E-state index contributed by atoms with van der Waals surface area (Å²) in [5.74, 6) is 0.491. The van der Waals surface area contributed by atoms with Crippen LogP contribution in [0.3, 0.4) is 0 Å². The van der Waals surface area contributed by atoms with Crippen LogP contribution in [0.15, 0.2) is 0 Å². The molecule has 0 aliphatic heterocycles. The van der Waals surface area contributed by atoms with Crippen molar-refractivity contribution in [3.63, 3.8) is 0 Å². The SMILES string of the molecule is CCOC(OC)C(C)CC. The van der Waals surface area contributed by atoms with Gasteiger partial charge in [-0.15, -0.1) is 0 Å². The third kappa shape index (κ3) is 3.18. The number of rotatable bonds is 5. The van der Waals surface area contributed by atoms with Crippen molar-refractivity contribution in [3.8, 4) is 0 Å². The van der Waals surface area contributed by atoms with Gasteiger partial charge in [0.2, 0.25) is 0 Å². The van der Waals surface area contributed by atoms with Crippen LogP contribution in [0, 0.1) is 5.92 Å². The summed E-state index contributed by atoms with van der Waals surface area (Å²) in [7, 11) is 1.69. The molecule has 0 radical (unpaired) electrons. The molecule has 2 nitrogen and oxygen atoms in total. The van der Waals surface area contributed by atoms with E-state index in [2.05, 4.69) is 13.8 Å². The fourth-order valence-electron chi connectivity index (χ4n) is 0.821. The lowest BCUT2D eigenvalue weighted by molar-refractivity contribution is -0.149. The molecule has 0 aliphatic carbocycles. The van der Waals surface area contributed by atoms with Gasteiger partial charge in [-0.1, -0.05) is 13.8 Å². The van der Waals surface area contributed by atoms with Crippen LogP contribution >= 0.6 is 0 Å². The fourth-order valence-corrected chi connectivity index (χ4v) is 0.821. The predicted octanol–water partition coefficient (Wildman–Crippen LogP) is 2.04. The van der Waals surface area contributed by atoms with Crippen molar-refractivity contribution in [1.29, 1.82) is 0 Å². The zero-order valence-electron chi connectivity index (χ0n) is 7.39. The van der Waals surface area contributed by atoms with E-state index in [1.165, 1.54) is 0 Å². The van der Waals surface area contributed by atoms with E-state index in [4.69, 9.17) is 9.47 Å². The molecule has 0 aliphatic rings. The van der Waals surface area contributed by atoms with Gasteiger partial charge in [-0.3, -0.25) is 0 Å². The van der Waals surface area contributed by atoms with Gasteiger partial charge >= 0.3 is 0 Å². The van der Waals surface area contributed by atoms with Gasteiger partial charge in [-0.05, 0) is 13.3 Å². The van der Waals surface area contributed by atoms with Gasteiger partial charge in [-0.25, -0.2) is 0 Å². The lowest BCUT2D eigenvalue weighted by Gasteiger charge is -2.20. The highest BCUT2D eigenvalue weighted by Gasteiger charge is 2.13. The standard InChI is InChI=1S/C8H18O2/c1-5-7(3)8(9-4)10-6-2/h7-8H,5-6H2,1-4H3. The Morgan fingerprint density at radius 2 is 1.90 bits per heavy atom. The minimum atomic E-state index is -0.0185. The zero-order chi connectivity index (χ0) is 7.98. The molecule has 0 spiro atoms. The zero-order valence-corrected chi connectivity index (χ0v) is 7.39. The maximum atomic E-state index is 5.32. The molecule has 2 unspecified atom stereocenters. The highest BCUT2D eigenvalue weighted by atomic mass is 16.7. The first kappa shape index (κ1) is 9.92. The Morgan fingerprint density at radius 1 is 1.30 bits per heavy atom. The number of hydrogen-bond acceptors (Lipinski definition) is 2. The van der Waals surface area contributed by atoms with Crippen LogP contribution < -0.4 is 0 Å². The van der Waals surface area contributed by atoms with E-state index in [0.717, 1.165) is 13.0 Å². The summed E-state index contributed by atoms with van der Waals surface area (Å²) in [6.07, 6.45) is 1.08. The van der Waals surface area contributed by atoms with Crippen molar-refractivity contribution in [2.75, 3.05) is 13.7 Å². The second-order valence-corrected chi connectivity index (χ2v) is 2.44. The summed E-state index contributed by atoms with van der Waals surface area (Å²) in [6, 6.07) is 0. The van der Waals surface area contributed by atoms with E-state index in [9.17, 15) is 0 Å². The molecule has 2 atom stereocenters. The van der Waals surface area contributed by atoms with Gasteiger partial charge in [0.05, 0.1) is 0 Å². The summed E-state index contributed by atoms with van der Waals surface area (Å²) >= 11 is 0. The Bertz CT molecular complexity index is 73.7. The Labute approximate surface area is 63.5 Å². The summed E-state index contributed by atoms with van der Waals surface area (Å²) in [5, 5.41) is 0. The molecule has 0 aromatic carbocycles. The van der Waals surface area contributed by atoms with Gasteiger partial charge < -0.3 is 9.47 Å². The molecule has 0 saturated carbocycles. The van der Waals surface area contributed by atoms with Crippen molar-refractivity contribution in [3.05, 3.63) is 0 Å². The van der Waals surface area contributed by atoms with E-state index in [1.54, 1.807) is 7.11 Å². The third-order valence-corrected chi connectivity index (χ3v) is 1.67. The van der Waals surface area contributed by atoms with Gasteiger partial charge in [0.15, 0.2) is 6.29 Å². The van der Waals surface area contributed by atoms with Crippen LogP contribution in [0.5, 0.6) is 0 Å². The highest BCUT2D eigenvalue weighted by Crippen LogP contribution is 2.11. The van der Waals surface area contributed by atoms with E-state index < -0.39 is 0 Å². The van der Waals surface area contributed by atoms with Crippen molar-refractivity contribution < 1.29 is 9.47 Å². The first-order valence-corrected chi connectivity index (χ1v) is 3.90. The molecule has 62 valence electrons. The van der Waals surface area contributed by atoms with Gasteiger partial charge in [0.25, 0.3) is 0 Å². The normalized spacial score (nSPS) is 16.8. The molecular weight excluding hydrogens is 128 g/mol. The van der Waals surface area contributed by atoms with Gasteiger partial charge in [0.1, 0.15) is 0 Å². The molecular formula is C8H18O2. The van der Waals surface area contributed by atoms with Crippen molar-refractivity contribution in [1.82, 2.24) is 0 Å². The molecule has 0 bridgehead atoms. The Hall–Kier alpha value is -0.0800. The van der Waals surface area contributed by atoms with Crippen molar-refractivity contribution in [2.45, 2.75) is 33.5 Å². The summed E-state index contributed by atoms with van der Waals surface area (Å²) in [4.78, 5) is 0. The number of ether oxygens (including phenoxy) is 2. The van der Waals surface area contributed by atoms with E-state index in [1.807, 2.05) is 6.92 Å². The molecule has 0 amide bonds. The molecule has 10 heavy (non-hydrogen) atoms. The summed E-state index contributed by atoms with van der Waals surface area (Å²) < 4.78 is 10.4. The second-order valence-electron chi connectivity index (χ2n) is 2.44. The molecule has 0 saturated heterocycles. The molecule has 2 heteroatoms. The highest BCUT2D eigenvalue weighted by molar-refractivity contribution is 4.53. The van der Waals surface area contributed by atoms with E-state index in [0.29, 0.717) is 5.92 Å². The average molecular weight is 146 g/mol. The first-order chi connectivity index (χ1) is 4.76. The lowest BCUT2D eigenvalue weighted by Crippen LogP contribution is -2.23. The predicted molar refractivity (Wildman–Crippen MR) is 41.9 cm³/mol. The van der Waals surface area contributed by atoms with Crippen molar-refractivity contribution >= 4 is 0 Å². The Kier molecular flexibility index (Phi) is 5.64. The van der Waals surface area contributed by atoms with Gasteiger partial charge in [-0.2, -0.15) is 0 Å². The fraction of sp³-hybridized carbons (Fsp3) is 1.00. The Morgan fingerprint density at radius 3 is 2.20 bits per heavy atom. The Balaban J connectivity index is 3.56. The maximum Gasteiger partial charge on any atom is 0.159 e. The van der Waals surface area contributed by atoms with Crippen LogP contribution in [-0.2, 0) is 9.47 Å². The first-order valence-electron chi connectivity index (χ1n) is 3.90. The minimum Gasteiger partial charge on any atom is -0.356 e. The van der Waals surface area contributed by atoms with Crippen molar-refractivity contribution in [2.24, 2.45) is 5.92 Å². The average Bonchev–Trinajstić information content (AvgIpc) is 1.99. The van der Waals surface area contributed by atoms with Crippen LogP contribution in [-0.4, -0.2) is 20.0 Å². The molecule has 0 aromatic rings. The van der Waals surface area contributed by atoms with E-state index in [-0.39, 0.29) is 6.29 Å². The van der Waals surface area contributed by atoms with E-state index >= 15 is 0 Å². The monoisotopic (exact) mass is 146 g/mol. The van der Waals surface area contributed by atoms with Gasteiger partial charge in [0, 0.05) is 19.6 Å². The molecule has 0 fully saturated rings. The summed E-state index contributed by atoms with van der Waals surface area (Å²) in [5.41, 5.74) is 0. The summed E-state index contributed by atoms with van der Waals surface area (Å²) in [6.45, 7) is 6.97. The molecule has 0 heterocycles. The molecule has 0 N–H and O–H groups in total. The lowest BCUT2D eigenvalue weighted by atomic mass is 10.1. The quantitative estimate of drug-likeness (QED) is 0.552. The van der Waals surface area contributed by atoms with Crippen LogP contribution in [0.25, 0.3) is 0 Å². The second kappa shape index (κ2) is 5.69. The molecule has 0 aromatic heterocycles. The topological polar surface area (TPSA) is 18.5 Å². The van der Waals surface area contributed by atoms with Crippen LogP contribution in [0.2, 0.25) is 0 Å². The smallest absolute Gasteiger partial charge is 0.159 e. The van der Waals surface area contributed by atoms with Crippen LogP contribution in [0.1, 0.15) is 27.2 Å². The third-order valence-electron chi connectivity index (χ3n) is 1.67.